The van der Waals surface area contributed by atoms with Crippen molar-refractivity contribution in [3.8, 4) is 0 Å². The molecule has 2 aromatic carbocycles. The van der Waals surface area contributed by atoms with E-state index in [1.807, 2.05) is 6.07 Å². The van der Waals surface area contributed by atoms with E-state index >= 15 is 0 Å². The van der Waals surface area contributed by atoms with Gasteiger partial charge in [0, 0.05) is 5.02 Å². The Hall–Kier alpha value is -1.84. The van der Waals surface area contributed by atoms with Crippen LogP contribution in [0.3, 0.4) is 0 Å². The summed E-state index contributed by atoms with van der Waals surface area (Å²) in [4.78, 5) is 12.0. The van der Waals surface area contributed by atoms with Crippen LogP contribution in [0.4, 0.5) is 0 Å². The first-order chi connectivity index (χ1) is 9.09. The molecule has 2 aromatic rings. The highest BCUT2D eigenvalue weighted by molar-refractivity contribution is 6.30. The van der Waals surface area contributed by atoms with Crippen LogP contribution >= 0.6 is 11.6 Å². The second-order valence-electron chi connectivity index (χ2n) is 4.07. The summed E-state index contributed by atoms with van der Waals surface area (Å²) in [5.74, 6) is -0.735. The number of hydrogen-bond donors (Lipinski definition) is 1. The lowest BCUT2D eigenvalue weighted by molar-refractivity contribution is -0.158. The minimum Gasteiger partial charge on any atom is -0.466 e. The Labute approximate surface area is 116 Å². The molecule has 0 aliphatic rings. The molecule has 0 heterocycles. The normalized spacial score (nSPS) is 13.6. The zero-order valence-corrected chi connectivity index (χ0v) is 11.1. The van der Waals surface area contributed by atoms with Gasteiger partial charge in [0.25, 0.3) is 0 Å². The molecule has 0 amide bonds. The number of halogens is 1. The van der Waals surface area contributed by atoms with E-state index in [0.717, 1.165) is 0 Å². The molecule has 3 nitrogen and oxygen atoms in total. The van der Waals surface area contributed by atoms with Crippen LogP contribution in [0.25, 0.3) is 0 Å². The molecule has 0 saturated heterocycles. The van der Waals surface area contributed by atoms with Gasteiger partial charge in [-0.2, -0.15) is 0 Å². The summed E-state index contributed by atoms with van der Waals surface area (Å²) in [7, 11) is 1.24. The van der Waals surface area contributed by atoms with Gasteiger partial charge < -0.3 is 9.84 Å². The fraction of sp³-hybridized carbons (Fsp3) is 0.133. The summed E-state index contributed by atoms with van der Waals surface area (Å²) in [6.45, 7) is 0. The van der Waals surface area contributed by atoms with Gasteiger partial charge in [0.2, 0.25) is 5.60 Å². The number of aliphatic hydroxyl groups is 1. The van der Waals surface area contributed by atoms with E-state index in [0.29, 0.717) is 16.1 Å². The Morgan fingerprint density at radius 2 is 1.58 bits per heavy atom. The maximum absolute atomic E-state index is 12.0. The first kappa shape index (κ1) is 13.6. The SMILES string of the molecule is COC(=O)C(O)(c1ccccc1)c1ccc(Cl)cc1. The van der Waals surface area contributed by atoms with Crippen molar-refractivity contribution in [2.45, 2.75) is 5.60 Å². The Balaban J connectivity index is 2.58. The smallest absolute Gasteiger partial charge is 0.347 e. The number of ether oxygens (including phenoxy) is 1. The van der Waals surface area contributed by atoms with Gasteiger partial charge in [0.1, 0.15) is 0 Å². The first-order valence-electron chi connectivity index (χ1n) is 5.71. The second kappa shape index (κ2) is 5.43. The van der Waals surface area contributed by atoms with Crippen LogP contribution < -0.4 is 0 Å². The highest BCUT2D eigenvalue weighted by atomic mass is 35.5. The van der Waals surface area contributed by atoms with Crippen LogP contribution in [0.15, 0.2) is 54.6 Å². The molecule has 1 atom stereocenters. The summed E-state index contributed by atoms with van der Waals surface area (Å²) in [6.07, 6.45) is 0. The third-order valence-electron chi connectivity index (χ3n) is 2.93. The maximum atomic E-state index is 12.0. The van der Waals surface area contributed by atoms with Crippen LogP contribution in [-0.2, 0) is 15.1 Å². The molecular weight excluding hydrogens is 264 g/mol. The number of hydrogen-bond acceptors (Lipinski definition) is 3. The van der Waals surface area contributed by atoms with E-state index in [2.05, 4.69) is 0 Å². The van der Waals surface area contributed by atoms with Gasteiger partial charge in [-0.1, -0.05) is 54.1 Å². The highest BCUT2D eigenvalue weighted by Crippen LogP contribution is 2.31. The van der Waals surface area contributed by atoms with Crippen LogP contribution in [-0.4, -0.2) is 18.2 Å². The van der Waals surface area contributed by atoms with Crippen molar-refractivity contribution in [1.82, 2.24) is 0 Å². The van der Waals surface area contributed by atoms with Crippen molar-refractivity contribution in [1.29, 1.82) is 0 Å². The topological polar surface area (TPSA) is 46.5 Å². The standard InChI is InChI=1S/C15H13ClO3/c1-19-14(17)15(18,11-5-3-2-4-6-11)12-7-9-13(16)10-8-12/h2-10,18H,1H3. The summed E-state index contributed by atoms with van der Waals surface area (Å²) in [5, 5.41) is 11.3. The molecule has 4 heteroatoms. The lowest BCUT2D eigenvalue weighted by Gasteiger charge is -2.26. The third kappa shape index (κ3) is 2.48. The van der Waals surface area contributed by atoms with E-state index < -0.39 is 11.6 Å². The monoisotopic (exact) mass is 276 g/mol. The van der Waals surface area contributed by atoms with Crippen molar-refractivity contribution in [3.63, 3.8) is 0 Å². The van der Waals surface area contributed by atoms with Gasteiger partial charge in [-0.05, 0) is 23.3 Å². The molecule has 1 N–H and O–H groups in total. The van der Waals surface area contributed by atoms with Gasteiger partial charge in [-0.3, -0.25) is 0 Å². The molecule has 0 aliphatic carbocycles. The van der Waals surface area contributed by atoms with E-state index in [1.165, 1.54) is 7.11 Å². The van der Waals surface area contributed by atoms with Crippen LogP contribution in [0, 0.1) is 0 Å². The molecule has 0 aliphatic heterocycles. The number of benzene rings is 2. The lowest BCUT2D eigenvalue weighted by Crippen LogP contribution is -2.37. The zero-order valence-electron chi connectivity index (χ0n) is 10.3. The van der Waals surface area contributed by atoms with E-state index in [4.69, 9.17) is 16.3 Å². The van der Waals surface area contributed by atoms with Crippen molar-refractivity contribution >= 4 is 17.6 Å². The number of esters is 1. The van der Waals surface area contributed by atoms with Gasteiger partial charge in [0.15, 0.2) is 0 Å². The first-order valence-corrected chi connectivity index (χ1v) is 6.09. The van der Waals surface area contributed by atoms with Crippen molar-refractivity contribution in [3.05, 3.63) is 70.7 Å². The van der Waals surface area contributed by atoms with Gasteiger partial charge in [-0.25, -0.2) is 4.79 Å². The number of carbonyl (C=O) groups is 1. The molecule has 0 fully saturated rings. The Morgan fingerprint density at radius 1 is 1.05 bits per heavy atom. The van der Waals surface area contributed by atoms with Gasteiger partial charge in [0.05, 0.1) is 7.11 Å². The van der Waals surface area contributed by atoms with Gasteiger partial charge >= 0.3 is 5.97 Å². The molecule has 19 heavy (non-hydrogen) atoms. The van der Waals surface area contributed by atoms with Crippen LogP contribution in [0.5, 0.6) is 0 Å². The van der Waals surface area contributed by atoms with Crippen molar-refractivity contribution in [2.75, 3.05) is 7.11 Å². The average Bonchev–Trinajstić information content (AvgIpc) is 2.47. The molecule has 98 valence electrons. The molecule has 1 unspecified atom stereocenters. The minimum atomic E-state index is -1.83. The second-order valence-corrected chi connectivity index (χ2v) is 4.51. The third-order valence-corrected chi connectivity index (χ3v) is 3.19. The zero-order chi connectivity index (χ0) is 13.9. The number of carbonyl (C=O) groups excluding carboxylic acids is 1. The lowest BCUT2D eigenvalue weighted by atomic mass is 9.86. The molecule has 2 rings (SSSR count). The van der Waals surface area contributed by atoms with E-state index in [-0.39, 0.29) is 0 Å². The Kier molecular flexibility index (Phi) is 3.88. The summed E-state index contributed by atoms with van der Waals surface area (Å²) in [5.41, 5.74) is -0.972. The predicted molar refractivity (Wildman–Crippen MR) is 72.9 cm³/mol. The predicted octanol–water partition coefficient (Wildman–Crippen LogP) is 2.75. The fourth-order valence-corrected chi connectivity index (χ4v) is 2.05. The highest BCUT2D eigenvalue weighted by Gasteiger charge is 2.41. The molecular formula is C15H13ClO3. The van der Waals surface area contributed by atoms with Crippen LogP contribution in [0.1, 0.15) is 11.1 Å². The van der Waals surface area contributed by atoms with E-state index in [9.17, 15) is 9.90 Å². The molecule has 0 aromatic heterocycles. The maximum Gasteiger partial charge on any atom is 0.347 e. The Morgan fingerprint density at radius 3 is 2.11 bits per heavy atom. The minimum absolute atomic E-state index is 0.412. The van der Waals surface area contributed by atoms with E-state index in [1.54, 1.807) is 48.5 Å². The summed E-state index contributed by atoms with van der Waals surface area (Å²) in [6, 6.07) is 15.1. The molecule has 0 radical (unpaired) electrons. The van der Waals surface area contributed by atoms with Crippen molar-refractivity contribution < 1.29 is 14.6 Å². The molecule has 0 saturated carbocycles. The molecule has 0 spiro atoms. The molecule has 0 bridgehead atoms. The quantitative estimate of drug-likeness (QED) is 0.877. The van der Waals surface area contributed by atoms with Crippen LogP contribution in [0.2, 0.25) is 5.02 Å². The number of methoxy groups -OCH3 is 1. The summed E-state index contributed by atoms with van der Waals surface area (Å²) >= 11 is 5.82. The number of rotatable bonds is 3. The summed E-state index contributed by atoms with van der Waals surface area (Å²) < 4.78 is 4.73. The largest absolute Gasteiger partial charge is 0.466 e. The Bertz CT molecular complexity index is 566. The average molecular weight is 277 g/mol. The fourth-order valence-electron chi connectivity index (χ4n) is 1.92. The van der Waals surface area contributed by atoms with Crippen molar-refractivity contribution in [2.24, 2.45) is 0 Å². The van der Waals surface area contributed by atoms with Gasteiger partial charge in [-0.15, -0.1) is 0 Å².